The second kappa shape index (κ2) is 6.87. The van der Waals surface area contributed by atoms with Crippen molar-refractivity contribution in [3.8, 4) is 11.5 Å². The molecular formula is C19H17N3O4. The molecule has 0 aliphatic carbocycles. The van der Waals surface area contributed by atoms with Crippen LogP contribution in [0.5, 0.6) is 0 Å². The number of para-hydroxylation sites is 1. The number of anilines is 1. The Bertz CT molecular complexity index is 902. The van der Waals surface area contributed by atoms with Crippen LogP contribution in [0.3, 0.4) is 0 Å². The highest BCUT2D eigenvalue weighted by molar-refractivity contribution is 6.01. The van der Waals surface area contributed by atoms with Gasteiger partial charge in [-0.1, -0.05) is 23.4 Å². The number of hydrogen-bond donors (Lipinski definition) is 1. The van der Waals surface area contributed by atoms with Crippen molar-refractivity contribution in [1.82, 2.24) is 10.1 Å². The first-order valence-electron chi connectivity index (χ1n) is 8.40. The van der Waals surface area contributed by atoms with E-state index in [2.05, 4.69) is 10.5 Å². The van der Waals surface area contributed by atoms with Gasteiger partial charge in [0, 0.05) is 18.3 Å². The number of nitrogens with zero attached hydrogens (tertiary/aromatic N) is 2. The van der Waals surface area contributed by atoms with Gasteiger partial charge in [-0.2, -0.15) is 0 Å². The minimum atomic E-state index is -0.522. The van der Waals surface area contributed by atoms with E-state index in [1.807, 2.05) is 30.3 Å². The Morgan fingerprint density at radius 2 is 1.96 bits per heavy atom. The molecule has 1 unspecified atom stereocenters. The molecule has 1 aliphatic rings. The normalized spacial score (nSPS) is 16.6. The zero-order valence-corrected chi connectivity index (χ0v) is 13.9. The van der Waals surface area contributed by atoms with Crippen LogP contribution in [-0.4, -0.2) is 34.5 Å². The second-order valence-electron chi connectivity index (χ2n) is 6.07. The highest BCUT2D eigenvalue weighted by Gasteiger charge is 2.36. The monoisotopic (exact) mass is 351 g/mol. The van der Waals surface area contributed by atoms with Crippen LogP contribution in [0.1, 0.15) is 23.3 Å². The topological polar surface area (TPSA) is 88.6 Å². The molecule has 0 bridgehead atoms. The van der Waals surface area contributed by atoms with E-state index >= 15 is 0 Å². The zero-order chi connectivity index (χ0) is 17.9. The van der Waals surface area contributed by atoms with Gasteiger partial charge >= 0.3 is 0 Å². The lowest BCUT2D eigenvalue weighted by molar-refractivity contribution is -0.119. The maximum absolute atomic E-state index is 12.8. The van der Waals surface area contributed by atoms with Crippen LogP contribution in [0, 0.1) is 0 Å². The van der Waals surface area contributed by atoms with E-state index in [1.54, 1.807) is 17.0 Å². The smallest absolute Gasteiger partial charge is 0.276 e. The molecule has 3 heterocycles. The summed E-state index contributed by atoms with van der Waals surface area (Å²) in [5, 5.41) is 6.69. The van der Waals surface area contributed by atoms with Crippen LogP contribution in [0.15, 0.2) is 63.7 Å². The third-order valence-electron chi connectivity index (χ3n) is 4.35. The molecular weight excluding hydrogens is 334 g/mol. The summed E-state index contributed by atoms with van der Waals surface area (Å²) in [6.07, 6.45) is 2.90. The molecule has 0 radical (unpaired) electrons. The lowest BCUT2D eigenvalue weighted by Crippen LogP contribution is -2.43. The Hall–Kier alpha value is -3.35. The summed E-state index contributed by atoms with van der Waals surface area (Å²) < 4.78 is 10.4. The molecule has 4 rings (SSSR count). The largest absolute Gasteiger partial charge is 0.461 e. The highest BCUT2D eigenvalue weighted by atomic mass is 16.5. The van der Waals surface area contributed by atoms with Crippen molar-refractivity contribution in [3.63, 3.8) is 0 Å². The van der Waals surface area contributed by atoms with Gasteiger partial charge in [-0.3, -0.25) is 9.59 Å². The van der Waals surface area contributed by atoms with E-state index < -0.39 is 6.04 Å². The fourth-order valence-corrected chi connectivity index (χ4v) is 3.09. The molecule has 1 aromatic carbocycles. The Morgan fingerprint density at radius 1 is 1.12 bits per heavy atom. The molecule has 1 fully saturated rings. The summed E-state index contributed by atoms with van der Waals surface area (Å²) in [7, 11) is 0. The quantitative estimate of drug-likeness (QED) is 0.780. The Labute approximate surface area is 149 Å². The van der Waals surface area contributed by atoms with Gasteiger partial charge in [0.2, 0.25) is 11.7 Å². The number of aromatic nitrogens is 1. The average Bonchev–Trinajstić information content (AvgIpc) is 3.42. The van der Waals surface area contributed by atoms with Gasteiger partial charge in [0.05, 0.1) is 6.26 Å². The number of rotatable bonds is 4. The minimum Gasteiger partial charge on any atom is -0.461 e. The van der Waals surface area contributed by atoms with E-state index in [9.17, 15) is 9.59 Å². The van der Waals surface area contributed by atoms with Crippen molar-refractivity contribution in [1.29, 1.82) is 0 Å². The maximum Gasteiger partial charge on any atom is 0.276 e. The molecule has 1 atom stereocenters. The second-order valence-corrected chi connectivity index (χ2v) is 6.07. The Morgan fingerprint density at radius 3 is 2.73 bits per heavy atom. The van der Waals surface area contributed by atoms with Gasteiger partial charge < -0.3 is 19.2 Å². The van der Waals surface area contributed by atoms with Crippen LogP contribution >= 0.6 is 0 Å². The van der Waals surface area contributed by atoms with E-state index in [1.165, 1.54) is 12.3 Å². The fourth-order valence-electron chi connectivity index (χ4n) is 3.09. The molecule has 2 amide bonds. The van der Waals surface area contributed by atoms with Crippen LogP contribution in [-0.2, 0) is 4.79 Å². The summed E-state index contributed by atoms with van der Waals surface area (Å²) in [4.78, 5) is 26.9. The van der Waals surface area contributed by atoms with Gasteiger partial charge in [0.1, 0.15) is 6.04 Å². The van der Waals surface area contributed by atoms with Crippen molar-refractivity contribution in [3.05, 3.63) is 60.5 Å². The van der Waals surface area contributed by atoms with Crippen molar-refractivity contribution >= 4 is 17.5 Å². The molecule has 3 aromatic rings. The summed E-state index contributed by atoms with van der Waals surface area (Å²) in [5.41, 5.74) is 0.870. The van der Waals surface area contributed by atoms with Crippen LogP contribution in [0.25, 0.3) is 11.5 Å². The number of hydrogen-bond acceptors (Lipinski definition) is 5. The summed E-state index contributed by atoms with van der Waals surface area (Å²) in [6.45, 7) is 0.509. The lowest BCUT2D eigenvalue weighted by atomic mass is 10.2. The molecule has 7 heteroatoms. The highest BCUT2D eigenvalue weighted by Crippen LogP contribution is 2.25. The van der Waals surface area contributed by atoms with E-state index in [-0.39, 0.29) is 17.5 Å². The number of carbonyl (C=O) groups is 2. The van der Waals surface area contributed by atoms with E-state index in [0.717, 1.165) is 6.42 Å². The SMILES string of the molecule is O=C(Nc1ccccc1)C1CCCN1C(=O)c1cc(-c2ccco2)on1. The minimum absolute atomic E-state index is 0.163. The third kappa shape index (κ3) is 3.11. The van der Waals surface area contributed by atoms with Gasteiger partial charge in [-0.25, -0.2) is 0 Å². The Kier molecular flexibility index (Phi) is 4.27. The van der Waals surface area contributed by atoms with Crippen molar-refractivity contribution in [2.45, 2.75) is 18.9 Å². The molecule has 7 nitrogen and oxygen atoms in total. The number of furan rings is 1. The molecule has 132 valence electrons. The maximum atomic E-state index is 12.8. The van der Waals surface area contributed by atoms with Gasteiger partial charge in [0.25, 0.3) is 5.91 Å². The van der Waals surface area contributed by atoms with Crippen LogP contribution in [0.2, 0.25) is 0 Å². The first-order chi connectivity index (χ1) is 12.7. The summed E-state index contributed by atoms with van der Waals surface area (Å²) >= 11 is 0. The lowest BCUT2D eigenvalue weighted by Gasteiger charge is -2.22. The van der Waals surface area contributed by atoms with Gasteiger partial charge in [-0.15, -0.1) is 0 Å². The molecule has 0 saturated carbocycles. The summed E-state index contributed by atoms with van der Waals surface area (Å²) in [6, 6.07) is 13.7. The van der Waals surface area contributed by atoms with Crippen LogP contribution in [0.4, 0.5) is 5.69 Å². The number of amides is 2. The fraction of sp³-hybridized carbons (Fsp3) is 0.211. The van der Waals surface area contributed by atoms with Crippen molar-refractivity contribution < 1.29 is 18.5 Å². The predicted molar refractivity (Wildman–Crippen MR) is 93.3 cm³/mol. The number of nitrogens with one attached hydrogen (secondary N) is 1. The van der Waals surface area contributed by atoms with Crippen molar-refractivity contribution in [2.24, 2.45) is 0 Å². The molecule has 0 spiro atoms. The number of carbonyl (C=O) groups excluding carboxylic acids is 2. The first-order valence-corrected chi connectivity index (χ1v) is 8.40. The predicted octanol–water partition coefficient (Wildman–Crippen LogP) is 3.18. The average molecular weight is 351 g/mol. The molecule has 1 aliphatic heterocycles. The standard InChI is InChI=1S/C19H17N3O4/c23-18(20-13-6-2-1-3-7-13)15-8-4-10-22(15)19(24)14-12-17(26-21-14)16-9-5-11-25-16/h1-3,5-7,9,11-12,15H,4,8,10H2,(H,20,23). The van der Waals surface area contributed by atoms with E-state index in [4.69, 9.17) is 8.94 Å². The molecule has 2 aromatic heterocycles. The molecule has 1 saturated heterocycles. The van der Waals surface area contributed by atoms with E-state index in [0.29, 0.717) is 30.2 Å². The zero-order valence-electron chi connectivity index (χ0n) is 13.9. The molecule has 26 heavy (non-hydrogen) atoms. The number of benzene rings is 1. The number of likely N-dealkylation sites (tertiary alicyclic amines) is 1. The molecule has 1 N–H and O–H groups in total. The van der Waals surface area contributed by atoms with Gasteiger partial charge in [-0.05, 0) is 37.1 Å². The van der Waals surface area contributed by atoms with Crippen molar-refractivity contribution in [2.75, 3.05) is 11.9 Å². The first kappa shape index (κ1) is 16.1. The van der Waals surface area contributed by atoms with Crippen LogP contribution < -0.4 is 5.32 Å². The van der Waals surface area contributed by atoms with Gasteiger partial charge in [0.15, 0.2) is 11.5 Å². The Balaban J connectivity index is 1.49. The summed E-state index contributed by atoms with van der Waals surface area (Å²) in [5.74, 6) is 0.355. The third-order valence-corrected chi connectivity index (χ3v) is 4.35.